The highest BCUT2D eigenvalue weighted by Gasteiger charge is 2.07. The lowest BCUT2D eigenvalue weighted by atomic mass is 10.1. The van der Waals surface area contributed by atoms with Gasteiger partial charge in [0.05, 0.1) is 6.54 Å². The normalized spacial score (nSPS) is 10.6. The van der Waals surface area contributed by atoms with E-state index >= 15 is 0 Å². The monoisotopic (exact) mass is 345 g/mol. The molecule has 2 nitrogen and oxygen atoms in total. The van der Waals surface area contributed by atoms with Crippen LogP contribution in [-0.2, 0) is 11.9 Å². The van der Waals surface area contributed by atoms with E-state index < -0.39 is 0 Å². The Morgan fingerprint density at radius 1 is 1.11 bits per heavy atom. The average molecular weight is 347 g/mol. The largest absolute Gasteiger partial charge is 0.311 e. The van der Waals surface area contributed by atoms with Crippen molar-refractivity contribution in [2.24, 2.45) is 0 Å². The molecule has 0 radical (unpaired) electrons. The highest BCUT2D eigenvalue weighted by molar-refractivity contribution is 9.08. The molecule has 0 saturated carbocycles. The van der Waals surface area contributed by atoms with Gasteiger partial charge in [-0.05, 0) is 29.3 Å². The topological polar surface area (TPSA) is 22.0 Å². The molecule has 18 heavy (non-hydrogen) atoms. The fourth-order valence-corrected chi connectivity index (χ4v) is 2.75. The van der Waals surface area contributed by atoms with Gasteiger partial charge in [0.2, 0.25) is 0 Å². The lowest BCUT2D eigenvalue weighted by molar-refractivity contribution is 0.759. The lowest BCUT2D eigenvalue weighted by Crippen LogP contribution is -2.18. The van der Waals surface area contributed by atoms with Crippen molar-refractivity contribution >= 4 is 39.1 Å². The standard InChI is InChI=1S/C13H10BrCl2NO/c14-7-9-5-12(16)10(6-11(9)15)8-17-4-2-1-3-13(17)18/h1-6H,7-8H2. The van der Waals surface area contributed by atoms with Crippen LogP contribution in [0, 0.1) is 0 Å². The first-order valence-corrected chi connectivity index (χ1v) is 7.18. The third-order valence-corrected chi connectivity index (χ3v) is 3.91. The molecule has 0 fully saturated rings. The molecule has 0 bridgehead atoms. The van der Waals surface area contributed by atoms with Gasteiger partial charge in [0.15, 0.2) is 0 Å². The van der Waals surface area contributed by atoms with E-state index in [0.29, 0.717) is 21.9 Å². The van der Waals surface area contributed by atoms with Crippen LogP contribution in [0.4, 0.5) is 0 Å². The molecule has 1 heterocycles. The van der Waals surface area contributed by atoms with Crippen molar-refractivity contribution < 1.29 is 0 Å². The lowest BCUT2D eigenvalue weighted by Gasteiger charge is -2.10. The Bertz CT molecular complexity index is 625. The molecule has 2 aromatic rings. The highest BCUT2D eigenvalue weighted by atomic mass is 79.9. The molecule has 0 aliphatic carbocycles. The summed E-state index contributed by atoms with van der Waals surface area (Å²) in [7, 11) is 0. The smallest absolute Gasteiger partial charge is 0.250 e. The second-order valence-electron chi connectivity index (χ2n) is 3.84. The Hall–Kier alpha value is -0.770. The molecule has 0 amide bonds. The van der Waals surface area contributed by atoms with E-state index in [0.717, 1.165) is 11.1 Å². The average Bonchev–Trinajstić information content (AvgIpc) is 2.36. The van der Waals surface area contributed by atoms with Crippen molar-refractivity contribution in [3.63, 3.8) is 0 Å². The van der Waals surface area contributed by atoms with E-state index in [9.17, 15) is 4.79 Å². The summed E-state index contributed by atoms with van der Waals surface area (Å²) in [4.78, 5) is 11.6. The number of pyridine rings is 1. The second-order valence-corrected chi connectivity index (χ2v) is 5.21. The predicted octanol–water partition coefficient (Wildman–Crippen LogP) is 4.10. The maximum absolute atomic E-state index is 11.6. The molecule has 1 aromatic heterocycles. The van der Waals surface area contributed by atoms with Crippen LogP contribution in [0.3, 0.4) is 0 Å². The van der Waals surface area contributed by atoms with Crippen LogP contribution in [0.2, 0.25) is 10.0 Å². The van der Waals surface area contributed by atoms with Crippen LogP contribution < -0.4 is 5.56 Å². The van der Waals surface area contributed by atoms with Crippen LogP contribution in [0.1, 0.15) is 11.1 Å². The van der Waals surface area contributed by atoms with E-state index in [1.54, 1.807) is 22.9 Å². The third kappa shape index (κ3) is 2.97. The SMILES string of the molecule is O=c1ccccn1Cc1cc(Cl)c(CBr)cc1Cl. The Kier molecular flexibility index (Phi) is 4.49. The van der Waals surface area contributed by atoms with Gasteiger partial charge in [-0.2, -0.15) is 0 Å². The molecule has 0 aliphatic heterocycles. The van der Waals surface area contributed by atoms with Crippen molar-refractivity contribution in [1.29, 1.82) is 0 Å². The van der Waals surface area contributed by atoms with Gasteiger partial charge in [0.1, 0.15) is 0 Å². The summed E-state index contributed by atoms with van der Waals surface area (Å²) in [6.45, 7) is 0.417. The fourth-order valence-electron chi connectivity index (χ4n) is 1.63. The van der Waals surface area contributed by atoms with Gasteiger partial charge in [-0.15, -0.1) is 0 Å². The van der Waals surface area contributed by atoms with Gasteiger partial charge in [-0.1, -0.05) is 45.2 Å². The Labute approximate surface area is 123 Å². The Balaban J connectivity index is 2.39. The molecule has 1 aromatic carbocycles. The summed E-state index contributed by atoms with van der Waals surface area (Å²) in [6.07, 6.45) is 1.73. The first-order chi connectivity index (χ1) is 8.61. The molecule has 0 aliphatic rings. The summed E-state index contributed by atoms with van der Waals surface area (Å²) in [5.41, 5.74) is 1.71. The summed E-state index contributed by atoms with van der Waals surface area (Å²) in [6, 6.07) is 8.66. The first-order valence-electron chi connectivity index (χ1n) is 5.30. The van der Waals surface area contributed by atoms with E-state index in [1.165, 1.54) is 6.07 Å². The third-order valence-electron chi connectivity index (χ3n) is 2.60. The quantitative estimate of drug-likeness (QED) is 0.767. The number of rotatable bonds is 3. The van der Waals surface area contributed by atoms with Gasteiger partial charge in [-0.3, -0.25) is 4.79 Å². The minimum atomic E-state index is -0.0609. The molecule has 94 valence electrons. The van der Waals surface area contributed by atoms with Gasteiger partial charge >= 0.3 is 0 Å². The van der Waals surface area contributed by atoms with Crippen molar-refractivity contribution in [2.45, 2.75) is 11.9 Å². The van der Waals surface area contributed by atoms with Crippen molar-refractivity contribution in [2.75, 3.05) is 0 Å². The number of hydrogen-bond donors (Lipinski definition) is 0. The molecule has 0 spiro atoms. The minimum Gasteiger partial charge on any atom is -0.311 e. The summed E-state index contributed by atoms with van der Waals surface area (Å²) in [5.74, 6) is 0. The van der Waals surface area contributed by atoms with E-state index in [1.807, 2.05) is 12.1 Å². The van der Waals surface area contributed by atoms with Crippen molar-refractivity contribution in [3.8, 4) is 0 Å². The summed E-state index contributed by atoms with van der Waals surface area (Å²) < 4.78 is 1.59. The second kappa shape index (κ2) is 5.91. The van der Waals surface area contributed by atoms with Crippen LogP contribution >= 0.6 is 39.1 Å². The van der Waals surface area contributed by atoms with Crippen LogP contribution in [0.15, 0.2) is 41.3 Å². The predicted molar refractivity (Wildman–Crippen MR) is 78.9 cm³/mol. The van der Waals surface area contributed by atoms with Gasteiger partial charge in [-0.25, -0.2) is 0 Å². The number of alkyl halides is 1. The maximum atomic E-state index is 11.6. The Morgan fingerprint density at radius 3 is 2.44 bits per heavy atom. The van der Waals surface area contributed by atoms with Crippen molar-refractivity contribution in [3.05, 3.63) is 68.1 Å². The van der Waals surface area contributed by atoms with Crippen LogP contribution in [0.5, 0.6) is 0 Å². The maximum Gasteiger partial charge on any atom is 0.250 e. The van der Waals surface area contributed by atoms with Crippen LogP contribution in [-0.4, -0.2) is 4.57 Å². The number of hydrogen-bond acceptors (Lipinski definition) is 1. The molecule has 5 heteroatoms. The fraction of sp³-hybridized carbons (Fsp3) is 0.154. The minimum absolute atomic E-state index is 0.0609. The highest BCUT2D eigenvalue weighted by Crippen LogP contribution is 2.27. The van der Waals surface area contributed by atoms with Crippen LogP contribution in [0.25, 0.3) is 0 Å². The molecule has 0 unspecified atom stereocenters. The molecular weight excluding hydrogens is 337 g/mol. The first kappa shape index (κ1) is 13.7. The molecule has 2 rings (SSSR count). The van der Waals surface area contributed by atoms with Gasteiger partial charge in [0, 0.05) is 27.6 Å². The summed E-state index contributed by atoms with van der Waals surface area (Å²) in [5, 5.41) is 1.91. The van der Waals surface area contributed by atoms with E-state index in [-0.39, 0.29) is 5.56 Å². The van der Waals surface area contributed by atoms with E-state index in [4.69, 9.17) is 23.2 Å². The number of aromatic nitrogens is 1. The Morgan fingerprint density at radius 2 is 1.78 bits per heavy atom. The zero-order valence-corrected chi connectivity index (χ0v) is 12.5. The van der Waals surface area contributed by atoms with Gasteiger partial charge in [0.25, 0.3) is 5.56 Å². The molecular formula is C13H10BrCl2NO. The summed E-state index contributed by atoms with van der Waals surface area (Å²) >= 11 is 15.7. The van der Waals surface area contributed by atoms with Gasteiger partial charge < -0.3 is 4.57 Å². The number of halogens is 3. The van der Waals surface area contributed by atoms with Crippen molar-refractivity contribution in [1.82, 2.24) is 4.57 Å². The number of nitrogens with zero attached hydrogens (tertiary/aromatic N) is 1. The molecule has 0 saturated heterocycles. The number of benzene rings is 1. The molecule has 0 N–H and O–H groups in total. The molecule has 0 atom stereocenters. The zero-order chi connectivity index (χ0) is 13.1. The zero-order valence-electron chi connectivity index (χ0n) is 9.37. The van der Waals surface area contributed by atoms with E-state index in [2.05, 4.69) is 15.9 Å².